The van der Waals surface area contributed by atoms with E-state index in [2.05, 4.69) is 26.0 Å². The summed E-state index contributed by atoms with van der Waals surface area (Å²) in [5.74, 6) is -0.534. The summed E-state index contributed by atoms with van der Waals surface area (Å²) in [7, 11) is -3.57. The third kappa shape index (κ3) is 6.07. The Balaban J connectivity index is 1.83. The standard InChI is InChI=1S/C17H19BrN2O3S/c1-13-5-2-3-7-15(13)10-19-17(21)11-20-24(22,23)12-14-6-4-8-16(18)9-14/h2-9,20H,10-12H2,1H3,(H,19,21). The fourth-order valence-electron chi connectivity index (χ4n) is 2.14. The van der Waals surface area contributed by atoms with Crippen molar-refractivity contribution in [2.75, 3.05) is 6.54 Å². The first-order valence-electron chi connectivity index (χ1n) is 7.39. The van der Waals surface area contributed by atoms with Crippen LogP contribution >= 0.6 is 15.9 Å². The highest BCUT2D eigenvalue weighted by atomic mass is 79.9. The highest BCUT2D eigenvalue weighted by Crippen LogP contribution is 2.13. The van der Waals surface area contributed by atoms with Crippen LogP contribution in [0.1, 0.15) is 16.7 Å². The summed E-state index contributed by atoms with van der Waals surface area (Å²) in [5.41, 5.74) is 2.73. The zero-order chi connectivity index (χ0) is 17.6. The Morgan fingerprint density at radius 3 is 2.58 bits per heavy atom. The van der Waals surface area contributed by atoms with Gasteiger partial charge in [-0.3, -0.25) is 4.79 Å². The minimum absolute atomic E-state index is 0.169. The molecule has 128 valence electrons. The lowest BCUT2D eigenvalue weighted by molar-refractivity contribution is -0.120. The van der Waals surface area contributed by atoms with Gasteiger partial charge >= 0.3 is 0 Å². The molecule has 0 aromatic heterocycles. The van der Waals surface area contributed by atoms with Crippen molar-refractivity contribution in [3.8, 4) is 0 Å². The number of amides is 1. The van der Waals surface area contributed by atoms with E-state index in [9.17, 15) is 13.2 Å². The molecule has 0 saturated carbocycles. The van der Waals surface area contributed by atoms with Crippen molar-refractivity contribution in [1.82, 2.24) is 10.0 Å². The summed E-state index contributed by atoms with van der Waals surface area (Å²) < 4.78 is 27.2. The maximum Gasteiger partial charge on any atom is 0.235 e. The summed E-state index contributed by atoms with van der Waals surface area (Å²) in [5, 5.41) is 2.71. The normalized spacial score (nSPS) is 11.2. The third-order valence-corrected chi connectivity index (χ3v) is 5.23. The fraction of sp³-hybridized carbons (Fsp3) is 0.235. The van der Waals surface area contributed by atoms with Crippen LogP contribution in [0.4, 0.5) is 0 Å². The SMILES string of the molecule is Cc1ccccc1CNC(=O)CNS(=O)(=O)Cc1cccc(Br)c1. The zero-order valence-electron chi connectivity index (χ0n) is 13.3. The van der Waals surface area contributed by atoms with Crippen molar-refractivity contribution in [2.45, 2.75) is 19.2 Å². The van der Waals surface area contributed by atoms with Crippen molar-refractivity contribution < 1.29 is 13.2 Å². The summed E-state index contributed by atoms with van der Waals surface area (Å²) in [6.45, 7) is 2.06. The molecule has 1 amide bonds. The topological polar surface area (TPSA) is 75.3 Å². The first kappa shape index (κ1) is 18.6. The Kier molecular flexibility index (Phi) is 6.53. The molecule has 7 heteroatoms. The quantitative estimate of drug-likeness (QED) is 0.735. The van der Waals surface area contributed by atoms with Crippen molar-refractivity contribution in [2.24, 2.45) is 0 Å². The van der Waals surface area contributed by atoms with E-state index in [1.165, 1.54) is 0 Å². The number of hydrogen-bond acceptors (Lipinski definition) is 3. The molecule has 0 atom stereocenters. The van der Waals surface area contributed by atoms with Gasteiger partial charge in [-0.05, 0) is 35.7 Å². The van der Waals surface area contributed by atoms with Gasteiger partial charge in [-0.25, -0.2) is 13.1 Å². The zero-order valence-corrected chi connectivity index (χ0v) is 15.7. The predicted octanol–water partition coefficient (Wildman–Crippen LogP) is 2.49. The second kappa shape index (κ2) is 8.41. The molecule has 0 bridgehead atoms. The Morgan fingerprint density at radius 2 is 1.88 bits per heavy atom. The van der Waals surface area contributed by atoms with Gasteiger partial charge in [0, 0.05) is 11.0 Å². The van der Waals surface area contributed by atoms with Gasteiger partial charge in [0.1, 0.15) is 0 Å². The molecular weight excluding hydrogens is 392 g/mol. The minimum Gasteiger partial charge on any atom is -0.351 e. The van der Waals surface area contributed by atoms with Gasteiger partial charge in [0.25, 0.3) is 0 Å². The molecule has 2 N–H and O–H groups in total. The number of halogens is 1. The predicted molar refractivity (Wildman–Crippen MR) is 97.8 cm³/mol. The third-order valence-electron chi connectivity index (χ3n) is 3.44. The van der Waals surface area contributed by atoms with Crippen LogP contribution in [-0.2, 0) is 27.1 Å². The van der Waals surface area contributed by atoms with E-state index in [1.807, 2.05) is 37.3 Å². The number of hydrogen-bond donors (Lipinski definition) is 2. The number of nitrogens with one attached hydrogen (secondary N) is 2. The highest BCUT2D eigenvalue weighted by Gasteiger charge is 2.13. The second-order valence-electron chi connectivity index (χ2n) is 5.41. The summed E-state index contributed by atoms with van der Waals surface area (Å²) in [6.07, 6.45) is 0. The van der Waals surface area contributed by atoms with Crippen LogP contribution < -0.4 is 10.0 Å². The van der Waals surface area contributed by atoms with Crippen molar-refractivity contribution >= 4 is 31.9 Å². The molecule has 2 rings (SSSR count). The average molecular weight is 411 g/mol. The molecule has 5 nitrogen and oxygen atoms in total. The maximum absolute atomic E-state index is 12.0. The number of sulfonamides is 1. The van der Waals surface area contributed by atoms with Crippen molar-refractivity contribution in [3.63, 3.8) is 0 Å². The van der Waals surface area contributed by atoms with Crippen LogP contribution in [0.5, 0.6) is 0 Å². The monoisotopic (exact) mass is 410 g/mol. The first-order chi connectivity index (χ1) is 11.4. The van der Waals surface area contributed by atoms with E-state index >= 15 is 0 Å². The van der Waals surface area contributed by atoms with Crippen LogP contribution in [0.15, 0.2) is 53.0 Å². The lowest BCUT2D eigenvalue weighted by Gasteiger charge is -2.09. The van der Waals surface area contributed by atoms with Gasteiger partial charge in [0.2, 0.25) is 15.9 Å². The number of rotatable bonds is 7. The maximum atomic E-state index is 12.0. The fourth-order valence-corrected chi connectivity index (χ4v) is 3.66. The Labute approximate surface area is 150 Å². The number of benzene rings is 2. The van der Waals surface area contributed by atoms with Gasteiger partial charge in [-0.1, -0.05) is 52.3 Å². The second-order valence-corrected chi connectivity index (χ2v) is 8.14. The first-order valence-corrected chi connectivity index (χ1v) is 9.83. The minimum atomic E-state index is -3.57. The summed E-state index contributed by atoms with van der Waals surface area (Å²) in [4.78, 5) is 11.8. The van der Waals surface area contributed by atoms with Crippen LogP contribution in [-0.4, -0.2) is 20.9 Å². The van der Waals surface area contributed by atoms with E-state index < -0.39 is 10.0 Å². The molecule has 0 spiro atoms. The van der Waals surface area contributed by atoms with E-state index in [4.69, 9.17) is 0 Å². The largest absolute Gasteiger partial charge is 0.351 e. The highest BCUT2D eigenvalue weighted by molar-refractivity contribution is 9.10. The van der Waals surface area contributed by atoms with E-state index in [-0.39, 0.29) is 18.2 Å². The Hall–Kier alpha value is -1.70. The molecule has 0 saturated heterocycles. The lowest BCUT2D eigenvalue weighted by Crippen LogP contribution is -2.37. The molecule has 0 unspecified atom stereocenters. The lowest BCUT2D eigenvalue weighted by atomic mass is 10.1. The Morgan fingerprint density at radius 1 is 1.12 bits per heavy atom. The molecule has 24 heavy (non-hydrogen) atoms. The van der Waals surface area contributed by atoms with Crippen LogP contribution in [0.3, 0.4) is 0 Å². The molecule has 0 aliphatic heterocycles. The van der Waals surface area contributed by atoms with Gasteiger partial charge in [0.05, 0.1) is 12.3 Å². The molecule has 0 aliphatic rings. The number of aryl methyl sites for hydroxylation is 1. The number of carbonyl (C=O) groups is 1. The van der Waals surface area contributed by atoms with Gasteiger partial charge in [-0.15, -0.1) is 0 Å². The summed E-state index contributed by atoms with van der Waals surface area (Å²) in [6, 6.07) is 14.8. The van der Waals surface area contributed by atoms with Gasteiger partial charge < -0.3 is 5.32 Å². The molecule has 0 aliphatic carbocycles. The molecule has 2 aromatic carbocycles. The van der Waals surface area contributed by atoms with Crippen LogP contribution in [0, 0.1) is 6.92 Å². The molecule has 0 heterocycles. The van der Waals surface area contributed by atoms with Gasteiger partial charge in [-0.2, -0.15) is 0 Å². The van der Waals surface area contributed by atoms with Crippen LogP contribution in [0.25, 0.3) is 0 Å². The van der Waals surface area contributed by atoms with Crippen molar-refractivity contribution in [1.29, 1.82) is 0 Å². The van der Waals surface area contributed by atoms with Gasteiger partial charge in [0.15, 0.2) is 0 Å². The van der Waals surface area contributed by atoms with Crippen molar-refractivity contribution in [3.05, 3.63) is 69.7 Å². The van der Waals surface area contributed by atoms with E-state index in [0.717, 1.165) is 15.6 Å². The molecular formula is C17H19BrN2O3S. The molecule has 0 fully saturated rings. The smallest absolute Gasteiger partial charge is 0.235 e. The molecule has 0 radical (unpaired) electrons. The van der Waals surface area contributed by atoms with E-state index in [1.54, 1.807) is 18.2 Å². The number of carbonyl (C=O) groups excluding carboxylic acids is 1. The Bertz CT molecular complexity index is 822. The average Bonchev–Trinajstić information content (AvgIpc) is 2.52. The van der Waals surface area contributed by atoms with E-state index in [0.29, 0.717) is 12.1 Å². The van der Waals surface area contributed by atoms with Crippen LogP contribution in [0.2, 0.25) is 0 Å². The summed E-state index contributed by atoms with van der Waals surface area (Å²) >= 11 is 3.30. The molecule has 2 aromatic rings.